The molecule has 4 rings (SSSR count). The van der Waals surface area contributed by atoms with Crippen LogP contribution in [0.5, 0.6) is 0 Å². The van der Waals surface area contributed by atoms with Crippen LogP contribution in [0.15, 0.2) is 48.5 Å². The van der Waals surface area contributed by atoms with Crippen molar-refractivity contribution in [2.24, 2.45) is 23.7 Å². The van der Waals surface area contributed by atoms with E-state index in [1.807, 2.05) is 0 Å². The third kappa shape index (κ3) is 12.2. The SMILES string of the molecule is Cc1ccc(C)c2[cH-]c(P(CC(C)C)CC(C)C)cc12.Cc1ccc(C)c2[cH-]c(P(CC(C)C)CC(C)C)cc12.[Cl][Ti][Cl]. The molecule has 0 radical (unpaired) electrons. The van der Waals surface area contributed by atoms with Crippen molar-refractivity contribution in [2.45, 2.75) is 83.1 Å². The summed E-state index contributed by atoms with van der Waals surface area (Å²) in [6.07, 6.45) is 5.45. The van der Waals surface area contributed by atoms with Crippen LogP contribution in [0.2, 0.25) is 0 Å². The second-order valence-corrected chi connectivity index (χ2v) is 21.2. The molecule has 0 saturated carbocycles. The number of aryl methyl sites for hydroxylation is 4. The van der Waals surface area contributed by atoms with E-state index in [0.29, 0.717) is 0 Å². The second-order valence-electron chi connectivity index (χ2n) is 13.9. The van der Waals surface area contributed by atoms with Crippen molar-refractivity contribution in [3.8, 4) is 0 Å². The summed E-state index contributed by atoms with van der Waals surface area (Å²) in [5.74, 6) is 3.17. The molecule has 43 heavy (non-hydrogen) atoms. The number of hydrogen-bond donors (Lipinski definition) is 0. The summed E-state index contributed by atoms with van der Waals surface area (Å²) in [5.41, 5.74) is 5.67. The molecule has 0 aliphatic rings. The van der Waals surface area contributed by atoms with Gasteiger partial charge in [-0.25, -0.2) is 0 Å². The van der Waals surface area contributed by atoms with Crippen molar-refractivity contribution in [1.29, 1.82) is 0 Å². The molecule has 4 aromatic rings. The van der Waals surface area contributed by atoms with Gasteiger partial charge in [0.25, 0.3) is 0 Å². The summed E-state index contributed by atoms with van der Waals surface area (Å²) in [6, 6.07) is 19.0. The van der Waals surface area contributed by atoms with Gasteiger partial charge in [-0.15, -0.1) is 67.5 Å². The average molecular weight is 694 g/mol. The van der Waals surface area contributed by atoms with Gasteiger partial charge in [0.05, 0.1) is 0 Å². The number of benzene rings is 2. The second kappa shape index (κ2) is 18.8. The predicted octanol–water partition coefficient (Wildman–Crippen LogP) is 12.6. The Morgan fingerprint density at radius 2 is 0.791 bits per heavy atom. The molecular formula is C38H56Cl2P2Ti-2. The molecule has 0 unspecified atom stereocenters. The molecule has 0 aliphatic heterocycles. The summed E-state index contributed by atoms with van der Waals surface area (Å²) in [5, 5.41) is 9.13. The molecule has 0 nitrogen and oxygen atoms in total. The van der Waals surface area contributed by atoms with Crippen molar-refractivity contribution in [1.82, 2.24) is 0 Å². The molecule has 0 heterocycles. The van der Waals surface area contributed by atoms with Crippen LogP contribution >= 0.6 is 34.5 Å². The van der Waals surface area contributed by atoms with Gasteiger partial charge in [-0.3, -0.25) is 0 Å². The molecule has 0 N–H and O–H groups in total. The van der Waals surface area contributed by atoms with Gasteiger partial charge in [0.2, 0.25) is 0 Å². The molecule has 0 aliphatic carbocycles. The number of hydrogen-bond acceptors (Lipinski definition) is 0. The zero-order valence-electron chi connectivity index (χ0n) is 28.9. The molecule has 0 saturated heterocycles. The zero-order valence-corrected chi connectivity index (χ0v) is 33.8. The van der Waals surface area contributed by atoms with Crippen LogP contribution in [0, 0.1) is 51.4 Å². The number of halogens is 2. The molecule has 0 fully saturated rings. The molecule has 0 aromatic heterocycles. The monoisotopic (exact) mass is 692 g/mol. The van der Waals surface area contributed by atoms with Crippen LogP contribution in [0.3, 0.4) is 0 Å². The van der Waals surface area contributed by atoms with Crippen molar-refractivity contribution < 1.29 is 17.0 Å². The van der Waals surface area contributed by atoms with E-state index >= 15 is 0 Å². The van der Waals surface area contributed by atoms with Gasteiger partial charge in [0.1, 0.15) is 0 Å². The molecule has 5 heteroatoms. The van der Waals surface area contributed by atoms with E-state index in [-0.39, 0.29) is 15.8 Å². The Balaban J connectivity index is 0.000000275. The van der Waals surface area contributed by atoms with Crippen LogP contribution in [0.1, 0.15) is 77.6 Å². The normalized spacial score (nSPS) is 11.7. The molecule has 0 spiro atoms. The summed E-state index contributed by atoms with van der Waals surface area (Å²) >= 11 is -0.556. The minimum atomic E-state index is -0.556. The topological polar surface area (TPSA) is 0 Å². The van der Waals surface area contributed by atoms with E-state index in [2.05, 4.69) is 132 Å². The van der Waals surface area contributed by atoms with Gasteiger partial charge in [-0.2, -0.15) is 12.1 Å². The quantitative estimate of drug-likeness (QED) is 0.0881. The van der Waals surface area contributed by atoms with Crippen LogP contribution in [0.25, 0.3) is 21.5 Å². The van der Waals surface area contributed by atoms with E-state index in [9.17, 15) is 0 Å². The summed E-state index contributed by atoms with van der Waals surface area (Å²) in [4.78, 5) is 0. The average Bonchev–Trinajstić information content (AvgIpc) is 3.55. The van der Waals surface area contributed by atoms with Gasteiger partial charge < -0.3 is 0 Å². The van der Waals surface area contributed by atoms with Crippen molar-refractivity contribution in [2.75, 3.05) is 24.6 Å². The summed E-state index contributed by atoms with van der Waals surface area (Å²) in [6.45, 7) is 27.8. The van der Waals surface area contributed by atoms with E-state index in [1.165, 1.54) is 68.4 Å². The molecular weight excluding hydrogens is 637 g/mol. The Bertz CT molecular complexity index is 1190. The Hall–Kier alpha value is -0.186. The number of fused-ring (bicyclic) bond motifs is 2. The Labute approximate surface area is 284 Å². The third-order valence-corrected chi connectivity index (χ3v) is 14.3. The minimum absolute atomic E-state index is 0.00626. The first kappa shape index (κ1) is 39.0. The third-order valence-electron chi connectivity index (χ3n) is 7.69. The fourth-order valence-corrected chi connectivity index (χ4v) is 11.8. The maximum absolute atomic E-state index is 4.89. The number of rotatable bonds is 10. The van der Waals surface area contributed by atoms with Crippen LogP contribution in [0.4, 0.5) is 0 Å². The first-order chi connectivity index (χ1) is 20.2. The first-order valence-corrected chi connectivity index (χ1v) is 23.7. The van der Waals surface area contributed by atoms with Crippen molar-refractivity contribution in [3.05, 3.63) is 70.8 Å². The Morgan fingerprint density at radius 1 is 0.535 bits per heavy atom. The maximum atomic E-state index is 4.89. The van der Waals surface area contributed by atoms with Crippen molar-refractivity contribution in [3.63, 3.8) is 0 Å². The fraction of sp³-hybridized carbons (Fsp3) is 0.526. The summed E-state index contributed by atoms with van der Waals surface area (Å²) in [7, 11) is 9.77. The van der Waals surface area contributed by atoms with Gasteiger partial charge >= 0.3 is 35.6 Å². The van der Waals surface area contributed by atoms with Gasteiger partial charge in [0.15, 0.2) is 0 Å². The van der Waals surface area contributed by atoms with Crippen LogP contribution in [-0.4, -0.2) is 24.6 Å². The van der Waals surface area contributed by atoms with Gasteiger partial charge in [-0.05, 0) is 62.2 Å². The molecule has 0 bridgehead atoms. The standard InChI is InChI=1S/2C19H28P.2ClH.Ti/c2*1-13(2)11-20(12-14(3)4)17-9-18-15(5)7-8-16(6)19(18)10-17;;;/h2*7-10,13-14H,11-12H2,1-6H3;2*1H;/q2*-1;;;+2/p-2. The van der Waals surface area contributed by atoms with E-state index in [4.69, 9.17) is 18.6 Å². The van der Waals surface area contributed by atoms with Crippen molar-refractivity contribution >= 4 is 66.6 Å². The Morgan fingerprint density at radius 3 is 1.02 bits per heavy atom. The van der Waals surface area contributed by atoms with E-state index < -0.39 is 17.0 Å². The van der Waals surface area contributed by atoms with Gasteiger partial charge in [-0.1, -0.05) is 108 Å². The predicted molar refractivity (Wildman–Crippen MR) is 202 cm³/mol. The van der Waals surface area contributed by atoms with E-state index in [1.54, 1.807) is 10.6 Å². The molecule has 0 atom stereocenters. The van der Waals surface area contributed by atoms with E-state index in [0.717, 1.165) is 23.7 Å². The molecule has 0 amide bonds. The molecule has 4 aromatic carbocycles. The summed E-state index contributed by atoms with van der Waals surface area (Å²) < 4.78 is 0. The van der Waals surface area contributed by atoms with Gasteiger partial charge in [0, 0.05) is 0 Å². The first-order valence-electron chi connectivity index (χ1n) is 16.0. The molecule has 238 valence electrons. The van der Waals surface area contributed by atoms with Crippen LogP contribution < -0.4 is 10.6 Å². The zero-order chi connectivity index (χ0) is 32.4. The van der Waals surface area contributed by atoms with Crippen LogP contribution in [-0.2, 0) is 17.0 Å². The fourth-order valence-electron chi connectivity index (χ4n) is 5.85. The Kier molecular flexibility index (Phi) is 17.1.